The van der Waals surface area contributed by atoms with Crippen LogP contribution in [0.15, 0.2) is 59.0 Å². The van der Waals surface area contributed by atoms with Crippen LogP contribution in [0.4, 0.5) is 5.69 Å². The fourth-order valence-corrected chi connectivity index (χ4v) is 5.75. The van der Waals surface area contributed by atoms with E-state index < -0.39 is 10.0 Å². The summed E-state index contributed by atoms with van der Waals surface area (Å²) in [5.74, 6) is 1.02. The molecule has 1 unspecified atom stereocenters. The maximum atomic E-state index is 13.5. The van der Waals surface area contributed by atoms with Crippen LogP contribution >= 0.6 is 0 Å². The Morgan fingerprint density at radius 1 is 1.03 bits per heavy atom. The third kappa shape index (κ3) is 5.98. The molecule has 0 aliphatic carbocycles. The van der Waals surface area contributed by atoms with Gasteiger partial charge in [0.25, 0.3) is 0 Å². The smallest absolute Gasteiger partial charge is 0.247 e. The summed E-state index contributed by atoms with van der Waals surface area (Å²) < 4.78 is 34.0. The van der Waals surface area contributed by atoms with Crippen molar-refractivity contribution < 1.29 is 12.8 Å². The van der Waals surface area contributed by atoms with Crippen molar-refractivity contribution in [1.29, 1.82) is 0 Å². The number of rotatable bonds is 8. The Hall–Kier alpha value is -2.75. The summed E-state index contributed by atoms with van der Waals surface area (Å²) in [6.45, 7) is 8.47. The van der Waals surface area contributed by atoms with Crippen molar-refractivity contribution in [2.24, 2.45) is 0 Å². The van der Waals surface area contributed by atoms with Gasteiger partial charge in [-0.05, 0) is 43.7 Å². The molecular formula is C24H31N5O3S. The molecule has 176 valence electrons. The van der Waals surface area contributed by atoms with Crippen molar-refractivity contribution in [2.75, 3.05) is 29.7 Å². The highest BCUT2D eigenvalue weighted by molar-refractivity contribution is 7.92. The molecule has 2 atom stereocenters. The number of nitrogens with zero attached hydrogens (tertiary/aromatic N) is 4. The lowest BCUT2D eigenvalue weighted by Crippen LogP contribution is -2.55. The van der Waals surface area contributed by atoms with Crippen LogP contribution in [0.1, 0.15) is 25.3 Å². The lowest BCUT2D eigenvalue weighted by Gasteiger charge is -2.36. The monoisotopic (exact) mass is 469 g/mol. The normalized spacial score (nSPS) is 19.5. The van der Waals surface area contributed by atoms with Crippen LogP contribution in [-0.2, 0) is 16.6 Å². The zero-order valence-corrected chi connectivity index (χ0v) is 20.1. The Kier molecular flexibility index (Phi) is 7.11. The number of hydrogen-bond acceptors (Lipinski definition) is 7. The fourth-order valence-electron chi connectivity index (χ4n) is 4.25. The maximum Gasteiger partial charge on any atom is 0.247 e. The molecule has 1 aliphatic rings. The quantitative estimate of drug-likeness (QED) is 0.542. The Morgan fingerprint density at radius 3 is 2.30 bits per heavy atom. The van der Waals surface area contributed by atoms with Crippen molar-refractivity contribution in [3.63, 3.8) is 0 Å². The van der Waals surface area contributed by atoms with Crippen molar-refractivity contribution in [1.82, 2.24) is 20.4 Å². The summed E-state index contributed by atoms with van der Waals surface area (Å²) in [5, 5.41) is 11.4. The van der Waals surface area contributed by atoms with Crippen molar-refractivity contribution in [3.8, 4) is 11.5 Å². The molecule has 0 radical (unpaired) electrons. The van der Waals surface area contributed by atoms with Crippen LogP contribution in [0.2, 0.25) is 0 Å². The van der Waals surface area contributed by atoms with Gasteiger partial charge in [-0.25, -0.2) is 8.42 Å². The van der Waals surface area contributed by atoms with Gasteiger partial charge in [0.05, 0.1) is 18.0 Å². The summed E-state index contributed by atoms with van der Waals surface area (Å²) in [7, 11) is -3.54. The van der Waals surface area contributed by atoms with Crippen molar-refractivity contribution in [3.05, 3.63) is 66.1 Å². The van der Waals surface area contributed by atoms with Crippen LogP contribution in [-0.4, -0.2) is 61.0 Å². The Bertz CT molecular complexity index is 1140. The number of piperazine rings is 1. The van der Waals surface area contributed by atoms with E-state index in [2.05, 4.69) is 34.3 Å². The molecule has 8 nitrogen and oxygen atoms in total. The first-order chi connectivity index (χ1) is 15.8. The number of aromatic nitrogens is 2. The number of aryl methyl sites for hydroxylation is 1. The van der Waals surface area contributed by atoms with Crippen LogP contribution in [0.25, 0.3) is 11.5 Å². The van der Waals surface area contributed by atoms with Gasteiger partial charge in [-0.3, -0.25) is 9.21 Å². The molecule has 0 spiro atoms. The van der Waals surface area contributed by atoms with Crippen LogP contribution in [0.5, 0.6) is 0 Å². The van der Waals surface area contributed by atoms with E-state index in [1.165, 1.54) is 4.31 Å². The van der Waals surface area contributed by atoms with E-state index in [-0.39, 0.29) is 12.3 Å². The standard InChI is InChI=1S/C24H31N5O3S/c1-18-15-28(16-19(2)25-18)13-14-33(30,31)29(23-7-5-4-6-8-23)17-21-9-11-22(12-10-21)24-27-26-20(3)32-24/h4-12,18-19,25H,13-17H2,1-3H3/t18-,19?/m1/s1. The summed E-state index contributed by atoms with van der Waals surface area (Å²) in [6.07, 6.45) is 0. The third-order valence-electron chi connectivity index (χ3n) is 5.73. The van der Waals surface area contributed by atoms with Gasteiger partial charge in [0, 0.05) is 44.2 Å². The molecular weight excluding hydrogens is 438 g/mol. The molecule has 9 heteroatoms. The number of para-hydroxylation sites is 1. The summed E-state index contributed by atoms with van der Waals surface area (Å²) in [6, 6.07) is 17.5. The number of anilines is 1. The average molecular weight is 470 g/mol. The number of hydrogen-bond donors (Lipinski definition) is 1. The zero-order chi connectivity index (χ0) is 23.4. The molecule has 1 aromatic heterocycles. The average Bonchev–Trinajstić information content (AvgIpc) is 3.23. The second-order valence-electron chi connectivity index (χ2n) is 8.71. The molecule has 4 rings (SSSR count). The molecule has 1 aliphatic heterocycles. The number of nitrogens with one attached hydrogen (secondary N) is 1. The minimum absolute atomic E-state index is 0.0701. The molecule has 1 fully saturated rings. The third-order valence-corrected chi connectivity index (χ3v) is 7.44. The van der Waals surface area contributed by atoms with Gasteiger partial charge in [0.15, 0.2) is 0 Å². The minimum atomic E-state index is -3.54. The first-order valence-corrected chi connectivity index (χ1v) is 12.8. The molecule has 2 heterocycles. The van der Waals surface area contributed by atoms with E-state index in [9.17, 15) is 8.42 Å². The maximum absolute atomic E-state index is 13.5. The van der Waals surface area contributed by atoms with Gasteiger partial charge in [0.1, 0.15) is 0 Å². The summed E-state index contributed by atoms with van der Waals surface area (Å²) in [5.41, 5.74) is 2.35. The molecule has 1 saturated heterocycles. The molecule has 1 N–H and O–H groups in total. The Morgan fingerprint density at radius 2 is 1.70 bits per heavy atom. The van der Waals surface area contributed by atoms with E-state index in [0.717, 1.165) is 24.2 Å². The van der Waals surface area contributed by atoms with Crippen molar-refractivity contribution >= 4 is 15.7 Å². The van der Waals surface area contributed by atoms with E-state index in [0.29, 0.717) is 36.1 Å². The van der Waals surface area contributed by atoms with Gasteiger partial charge >= 0.3 is 0 Å². The molecule has 33 heavy (non-hydrogen) atoms. The van der Waals surface area contributed by atoms with Crippen LogP contribution in [0.3, 0.4) is 0 Å². The van der Waals surface area contributed by atoms with E-state index in [1.807, 2.05) is 54.6 Å². The lowest BCUT2D eigenvalue weighted by molar-refractivity contribution is 0.182. The molecule has 2 aromatic carbocycles. The van der Waals surface area contributed by atoms with Gasteiger partial charge in [0.2, 0.25) is 21.8 Å². The Labute approximate surface area is 195 Å². The second-order valence-corrected chi connectivity index (χ2v) is 10.7. The van der Waals surface area contributed by atoms with Gasteiger partial charge < -0.3 is 9.73 Å². The largest absolute Gasteiger partial charge is 0.421 e. The van der Waals surface area contributed by atoms with Crippen LogP contribution in [0, 0.1) is 6.92 Å². The van der Waals surface area contributed by atoms with E-state index in [1.54, 1.807) is 6.92 Å². The van der Waals surface area contributed by atoms with E-state index in [4.69, 9.17) is 4.42 Å². The molecule has 3 aromatic rings. The highest BCUT2D eigenvalue weighted by Crippen LogP contribution is 2.24. The lowest BCUT2D eigenvalue weighted by atomic mass is 10.1. The van der Waals surface area contributed by atoms with Gasteiger partial charge in [-0.2, -0.15) is 0 Å². The van der Waals surface area contributed by atoms with Gasteiger partial charge in [-0.1, -0.05) is 30.3 Å². The SMILES string of the molecule is Cc1nnc(-c2ccc(CN(c3ccccc3)S(=O)(=O)CCN3CC(C)N[C@H](C)C3)cc2)o1. The highest BCUT2D eigenvalue weighted by Gasteiger charge is 2.26. The highest BCUT2D eigenvalue weighted by atomic mass is 32.2. The summed E-state index contributed by atoms with van der Waals surface area (Å²) >= 11 is 0. The predicted molar refractivity (Wildman–Crippen MR) is 129 cm³/mol. The molecule has 0 saturated carbocycles. The topological polar surface area (TPSA) is 91.6 Å². The Balaban J connectivity index is 1.51. The first-order valence-electron chi connectivity index (χ1n) is 11.2. The second kappa shape index (κ2) is 10.0. The van der Waals surface area contributed by atoms with Crippen LogP contribution < -0.4 is 9.62 Å². The zero-order valence-electron chi connectivity index (χ0n) is 19.3. The van der Waals surface area contributed by atoms with E-state index >= 15 is 0 Å². The van der Waals surface area contributed by atoms with Crippen molar-refractivity contribution in [2.45, 2.75) is 39.4 Å². The first kappa shape index (κ1) is 23.4. The molecule has 0 bridgehead atoms. The molecule has 0 amide bonds. The number of benzene rings is 2. The predicted octanol–water partition coefficient (Wildman–Crippen LogP) is 3.06. The van der Waals surface area contributed by atoms with Gasteiger partial charge in [-0.15, -0.1) is 10.2 Å². The fraction of sp³-hybridized carbons (Fsp3) is 0.417. The number of sulfonamides is 1. The summed E-state index contributed by atoms with van der Waals surface area (Å²) in [4.78, 5) is 2.23. The minimum Gasteiger partial charge on any atom is -0.421 e.